The van der Waals surface area contributed by atoms with Crippen molar-refractivity contribution in [3.05, 3.63) is 35.6 Å². The van der Waals surface area contributed by atoms with Crippen LogP contribution in [0, 0.1) is 5.82 Å². The van der Waals surface area contributed by atoms with Crippen molar-refractivity contribution in [3.8, 4) is 0 Å². The number of carbonyl (C=O) groups excluding carboxylic acids is 1. The zero-order valence-electron chi connectivity index (χ0n) is 9.61. The molecule has 1 aromatic rings. The molecule has 0 aliphatic carbocycles. The second-order valence-corrected chi connectivity index (χ2v) is 4.19. The van der Waals surface area contributed by atoms with Gasteiger partial charge in [-0.15, -0.1) is 0 Å². The van der Waals surface area contributed by atoms with Crippen molar-refractivity contribution in [3.63, 3.8) is 0 Å². The van der Waals surface area contributed by atoms with Gasteiger partial charge in [-0.3, -0.25) is 4.79 Å². The van der Waals surface area contributed by atoms with Gasteiger partial charge in [0.1, 0.15) is 5.82 Å². The van der Waals surface area contributed by atoms with Crippen LogP contribution >= 0.6 is 0 Å². The molecule has 3 N–H and O–H groups in total. The molecule has 0 fully saturated rings. The number of rotatable bonds is 5. The molecule has 0 atom stereocenters. The zero-order valence-corrected chi connectivity index (χ0v) is 9.61. The molecular weight excluding hydrogens is 225 g/mol. The second kappa shape index (κ2) is 5.75. The van der Waals surface area contributed by atoms with Gasteiger partial charge in [0.25, 0.3) is 0 Å². The third-order valence-electron chi connectivity index (χ3n) is 2.45. The zero-order chi connectivity index (χ0) is 12.9. The highest BCUT2D eigenvalue weighted by atomic mass is 19.1. The molecule has 0 aliphatic rings. The van der Waals surface area contributed by atoms with Gasteiger partial charge in [-0.2, -0.15) is 0 Å². The first-order valence-corrected chi connectivity index (χ1v) is 5.27. The first-order valence-electron chi connectivity index (χ1n) is 5.27. The predicted octanol–water partition coefficient (Wildman–Crippen LogP) is 0.228. The number of aliphatic hydroxyl groups is 2. The molecule has 94 valence electrons. The maximum atomic E-state index is 13.3. The van der Waals surface area contributed by atoms with E-state index in [4.69, 9.17) is 10.2 Å². The highest BCUT2D eigenvalue weighted by molar-refractivity contribution is 5.79. The largest absolute Gasteiger partial charge is 0.394 e. The second-order valence-electron chi connectivity index (χ2n) is 4.19. The number of hydrogen-bond acceptors (Lipinski definition) is 3. The SMILES string of the molecule is CC(CO)(CO)NC(=O)Cc1ccccc1F. The minimum absolute atomic E-state index is 0.123. The third-order valence-corrected chi connectivity index (χ3v) is 2.45. The summed E-state index contributed by atoms with van der Waals surface area (Å²) in [6.45, 7) is 0.741. The number of nitrogens with one attached hydrogen (secondary N) is 1. The van der Waals surface area contributed by atoms with Crippen LogP contribution in [-0.2, 0) is 11.2 Å². The summed E-state index contributed by atoms with van der Waals surface area (Å²) in [6, 6.07) is 5.98. The molecule has 0 heterocycles. The third kappa shape index (κ3) is 3.80. The summed E-state index contributed by atoms with van der Waals surface area (Å²) in [5.41, 5.74) is -0.800. The standard InChI is InChI=1S/C12H16FNO3/c1-12(7-15,8-16)14-11(17)6-9-4-2-3-5-10(9)13/h2-5,15-16H,6-8H2,1H3,(H,14,17). The molecule has 0 unspecified atom stereocenters. The van der Waals surface area contributed by atoms with E-state index in [1.165, 1.54) is 19.1 Å². The monoisotopic (exact) mass is 241 g/mol. The van der Waals surface area contributed by atoms with Gasteiger partial charge in [0, 0.05) is 0 Å². The number of carbonyl (C=O) groups is 1. The number of benzene rings is 1. The Morgan fingerprint density at radius 1 is 1.35 bits per heavy atom. The Balaban J connectivity index is 2.65. The summed E-state index contributed by atoms with van der Waals surface area (Å²) < 4.78 is 13.3. The molecule has 0 radical (unpaired) electrons. The van der Waals surface area contributed by atoms with E-state index in [-0.39, 0.29) is 25.2 Å². The minimum Gasteiger partial charge on any atom is -0.394 e. The topological polar surface area (TPSA) is 69.6 Å². The Hall–Kier alpha value is -1.46. The smallest absolute Gasteiger partial charge is 0.225 e. The van der Waals surface area contributed by atoms with E-state index in [0.29, 0.717) is 0 Å². The van der Waals surface area contributed by atoms with Crippen molar-refractivity contribution >= 4 is 5.91 Å². The molecule has 0 spiro atoms. The number of hydrogen-bond donors (Lipinski definition) is 3. The van der Waals surface area contributed by atoms with Crippen LogP contribution in [0.3, 0.4) is 0 Å². The Labute approximate surface area is 99.1 Å². The molecule has 17 heavy (non-hydrogen) atoms. The summed E-state index contributed by atoms with van der Waals surface area (Å²) >= 11 is 0. The van der Waals surface area contributed by atoms with Crippen molar-refractivity contribution in [1.29, 1.82) is 0 Å². The van der Waals surface area contributed by atoms with Crippen LogP contribution in [0.5, 0.6) is 0 Å². The predicted molar refractivity (Wildman–Crippen MR) is 60.8 cm³/mol. The van der Waals surface area contributed by atoms with E-state index in [9.17, 15) is 9.18 Å². The highest BCUT2D eigenvalue weighted by Crippen LogP contribution is 2.08. The lowest BCUT2D eigenvalue weighted by molar-refractivity contribution is -0.123. The number of aliphatic hydroxyl groups excluding tert-OH is 2. The molecule has 1 amide bonds. The van der Waals surface area contributed by atoms with E-state index in [1.54, 1.807) is 12.1 Å². The average Bonchev–Trinajstić information content (AvgIpc) is 2.32. The number of halogens is 1. The molecule has 4 nitrogen and oxygen atoms in total. The van der Waals surface area contributed by atoms with Crippen LogP contribution in [0.2, 0.25) is 0 Å². The molecule has 1 rings (SSSR count). The van der Waals surface area contributed by atoms with Gasteiger partial charge in [-0.1, -0.05) is 18.2 Å². The van der Waals surface area contributed by atoms with Crippen LogP contribution in [0.25, 0.3) is 0 Å². The van der Waals surface area contributed by atoms with E-state index in [2.05, 4.69) is 5.32 Å². The van der Waals surface area contributed by atoms with Crippen molar-refractivity contribution in [2.45, 2.75) is 18.9 Å². The average molecular weight is 241 g/mol. The molecule has 1 aromatic carbocycles. The number of amides is 1. The van der Waals surface area contributed by atoms with Gasteiger partial charge >= 0.3 is 0 Å². The molecule has 5 heteroatoms. The van der Waals surface area contributed by atoms with E-state index in [0.717, 1.165) is 0 Å². The van der Waals surface area contributed by atoms with E-state index in [1.807, 2.05) is 0 Å². The fourth-order valence-electron chi connectivity index (χ4n) is 1.32. The van der Waals surface area contributed by atoms with Gasteiger partial charge in [0.2, 0.25) is 5.91 Å². The van der Waals surface area contributed by atoms with Crippen molar-refractivity contribution < 1.29 is 19.4 Å². The maximum absolute atomic E-state index is 13.3. The van der Waals surface area contributed by atoms with Crippen LogP contribution in [0.1, 0.15) is 12.5 Å². The Morgan fingerprint density at radius 3 is 2.47 bits per heavy atom. The van der Waals surface area contributed by atoms with Crippen LogP contribution in [0.4, 0.5) is 4.39 Å². The lowest BCUT2D eigenvalue weighted by atomic mass is 10.0. The molecule has 0 saturated heterocycles. The van der Waals surface area contributed by atoms with Crippen LogP contribution in [-0.4, -0.2) is 34.9 Å². The van der Waals surface area contributed by atoms with Crippen molar-refractivity contribution in [2.75, 3.05) is 13.2 Å². The van der Waals surface area contributed by atoms with Crippen LogP contribution in [0.15, 0.2) is 24.3 Å². The summed E-state index contributed by atoms with van der Waals surface area (Å²) in [5.74, 6) is -0.891. The molecule has 0 aromatic heterocycles. The van der Waals surface area contributed by atoms with E-state index < -0.39 is 17.3 Å². The fraction of sp³-hybridized carbons (Fsp3) is 0.417. The van der Waals surface area contributed by atoms with Gasteiger partial charge in [0.15, 0.2) is 0 Å². The van der Waals surface area contributed by atoms with Gasteiger partial charge in [0.05, 0.1) is 25.2 Å². The van der Waals surface area contributed by atoms with Gasteiger partial charge in [-0.05, 0) is 18.6 Å². The molecule has 0 bridgehead atoms. The highest BCUT2D eigenvalue weighted by Gasteiger charge is 2.24. The molecule has 0 aliphatic heterocycles. The first kappa shape index (κ1) is 13.6. The lowest BCUT2D eigenvalue weighted by Gasteiger charge is -2.26. The van der Waals surface area contributed by atoms with Crippen molar-refractivity contribution in [2.24, 2.45) is 0 Å². The quantitative estimate of drug-likeness (QED) is 0.691. The van der Waals surface area contributed by atoms with Gasteiger partial charge < -0.3 is 15.5 Å². The summed E-state index contributed by atoms with van der Waals surface area (Å²) in [7, 11) is 0. The minimum atomic E-state index is -1.08. The summed E-state index contributed by atoms with van der Waals surface area (Å²) in [6.07, 6.45) is -0.123. The van der Waals surface area contributed by atoms with Crippen LogP contribution < -0.4 is 5.32 Å². The maximum Gasteiger partial charge on any atom is 0.225 e. The van der Waals surface area contributed by atoms with Gasteiger partial charge in [-0.25, -0.2) is 4.39 Å². The van der Waals surface area contributed by atoms with E-state index >= 15 is 0 Å². The Kier molecular flexibility index (Phi) is 4.60. The Bertz CT molecular complexity index is 391. The first-order chi connectivity index (χ1) is 8.00. The molecular formula is C12H16FNO3. The van der Waals surface area contributed by atoms with Crippen molar-refractivity contribution in [1.82, 2.24) is 5.32 Å². The Morgan fingerprint density at radius 2 is 1.94 bits per heavy atom. The summed E-state index contributed by atoms with van der Waals surface area (Å²) in [5, 5.41) is 20.5. The normalized spacial score (nSPS) is 11.3. The lowest BCUT2D eigenvalue weighted by Crippen LogP contribution is -2.52. The molecule has 0 saturated carbocycles. The fourth-order valence-corrected chi connectivity index (χ4v) is 1.32. The summed E-state index contributed by atoms with van der Waals surface area (Å²) in [4.78, 5) is 11.6.